The first-order valence-corrected chi connectivity index (χ1v) is 5.08. The van der Waals surface area contributed by atoms with E-state index < -0.39 is 0 Å². The molecule has 0 atom stereocenters. The van der Waals surface area contributed by atoms with Crippen molar-refractivity contribution >= 4 is 5.69 Å². The molecule has 1 aliphatic heterocycles. The van der Waals surface area contributed by atoms with Gasteiger partial charge in [-0.1, -0.05) is 12.2 Å². The molecule has 2 heteroatoms. The van der Waals surface area contributed by atoms with Gasteiger partial charge in [0.05, 0.1) is 7.11 Å². The fourth-order valence-electron chi connectivity index (χ4n) is 1.65. The number of ether oxygens (including phenoxy) is 1. The van der Waals surface area contributed by atoms with E-state index in [0.717, 1.165) is 12.2 Å². The first-order valence-electron chi connectivity index (χ1n) is 5.08. The standard InChI is InChI=1S/C13H15NO/c1-11-5-3-4-10-14(11)12-6-8-13(15-2)9-7-12/h4-10H,3H2,1-2H3. The molecule has 1 aromatic rings. The maximum Gasteiger partial charge on any atom is 0.119 e. The third-order valence-electron chi connectivity index (χ3n) is 2.53. The number of hydrogen-bond acceptors (Lipinski definition) is 2. The molecule has 0 saturated heterocycles. The number of nitrogens with zero attached hydrogens (tertiary/aromatic N) is 1. The normalized spacial score (nSPS) is 15.1. The Morgan fingerprint density at radius 2 is 1.93 bits per heavy atom. The number of methoxy groups -OCH3 is 1. The van der Waals surface area contributed by atoms with Crippen LogP contribution in [0.15, 0.2) is 48.3 Å². The molecule has 0 saturated carbocycles. The smallest absolute Gasteiger partial charge is 0.119 e. The van der Waals surface area contributed by atoms with Gasteiger partial charge in [-0.2, -0.15) is 0 Å². The third-order valence-corrected chi connectivity index (χ3v) is 2.53. The first-order chi connectivity index (χ1) is 7.31. The van der Waals surface area contributed by atoms with Gasteiger partial charge in [-0.15, -0.1) is 0 Å². The maximum absolute atomic E-state index is 5.13. The van der Waals surface area contributed by atoms with Gasteiger partial charge in [0.2, 0.25) is 0 Å². The van der Waals surface area contributed by atoms with Crippen LogP contribution < -0.4 is 9.64 Å². The average molecular weight is 201 g/mol. The average Bonchev–Trinajstić information content (AvgIpc) is 2.30. The molecular formula is C13H15NO. The van der Waals surface area contributed by atoms with Crippen LogP contribution >= 0.6 is 0 Å². The van der Waals surface area contributed by atoms with E-state index in [2.05, 4.69) is 42.3 Å². The minimum atomic E-state index is 0.890. The molecule has 2 nitrogen and oxygen atoms in total. The van der Waals surface area contributed by atoms with E-state index in [1.54, 1.807) is 7.11 Å². The summed E-state index contributed by atoms with van der Waals surface area (Å²) < 4.78 is 5.13. The van der Waals surface area contributed by atoms with Gasteiger partial charge >= 0.3 is 0 Å². The van der Waals surface area contributed by atoms with Gasteiger partial charge in [-0.25, -0.2) is 0 Å². The zero-order valence-corrected chi connectivity index (χ0v) is 9.10. The monoisotopic (exact) mass is 201 g/mol. The topological polar surface area (TPSA) is 12.5 Å². The SMILES string of the molecule is COc1ccc(N2C=CCC=C2C)cc1. The Balaban J connectivity index is 2.25. The van der Waals surface area contributed by atoms with Gasteiger partial charge in [-0.3, -0.25) is 0 Å². The molecule has 15 heavy (non-hydrogen) atoms. The minimum Gasteiger partial charge on any atom is -0.497 e. The van der Waals surface area contributed by atoms with Gasteiger partial charge in [0.15, 0.2) is 0 Å². The fourth-order valence-corrected chi connectivity index (χ4v) is 1.65. The van der Waals surface area contributed by atoms with Crippen LogP contribution in [0.4, 0.5) is 5.69 Å². The second kappa shape index (κ2) is 4.22. The molecule has 2 rings (SSSR count). The van der Waals surface area contributed by atoms with Crippen LogP contribution in [0.5, 0.6) is 5.75 Å². The van der Waals surface area contributed by atoms with Crippen molar-refractivity contribution in [2.75, 3.05) is 12.0 Å². The summed E-state index contributed by atoms with van der Waals surface area (Å²) in [5.41, 5.74) is 2.43. The Morgan fingerprint density at radius 3 is 2.53 bits per heavy atom. The fraction of sp³-hybridized carbons (Fsp3) is 0.231. The summed E-state index contributed by atoms with van der Waals surface area (Å²) in [7, 11) is 1.68. The highest BCUT2D eigenvalue weighted by atomic mass is 16.5. The van der Waals surface area contributed by atoms with Crippen LogP contribution in [0, 0.1) is 0 Å². The van der Waals surface area contributed by atoms with Gasteiger partial charge in [0.25, 0.3) is 0 Å². The van der Waals surface area contributed by atoms with Crippen molar-refractivity contribution in [1.29, 1.82) is 0 Å². The molecular weight excluding hydrogens is 186 g/mol. The van der Waals surface area contributed by atoms with E-state index in [4.69, 9.17) is 4.74 Å². The van der Waals surface area contributed by atoms with Crippen LogP contribution in [0.3, 0.4) is 0 Å². The number of benzene rings is 1. The first kappa shape index (κ1) is 9.84. The van der Waals surface area contributed by atoms with Crippen molar-refractivity contribution in [3.8, 4) is 5.75 Å². The summed E-state index contributed by atoms with van der Waals surface area (Å²) in [6.07, 6.45) is 7.50. The molecule has 1 aliphatic rings. The second-order valence-corrected chi connectivity index (χ2v) is 3.53. The van der Waals surface area contributed by atoms with Crippen molar-refractivity contribution < 1.29 is 4.74 Å². The second-order valence-electron chi connectivity index (χ2n) is 3.53. The van der Waals surface area contributed by atoms with Crippen molar-refractivity contribution in [3.63, 3.8) is 0 Å². The highest BCUT2D eigenvalue weighted by Crippen LogP contribution is 2.24. The molecule has 0 aliphatic carbocycles. The van der Waals surface area contributed by atoms with Crippen LogP contribution in [0.1, 0.15) is 13.3 Å². The number of rotatable bonds is 2. The predicted molar refractivity (Wildman–Crippen MR) is 63.0 cm³/mol. The van der Waals surface area contributed by atoms with Crippen LogP contribution in [0.25, 0.3) is 0 Å². The Morgan fingerprint density at radius 1 is 1.20 bits per heavy atom. The lowest BCUT2D eigenvalue weighted by molar-refractivity contribution is 0.415. The molecule has 0 radical (unpaired) electrons. The summed E-state index contributed by atoms with van der Waals surface area (Å²) in [6.45, 7) is 2.12. The quantitative estimate of drug-likeness (QED) is 0.727. The molecule has 0 N–H and O–H groups in total. The van der Waals surface area contributed by atoms with E-state index in [1.165, 1.54) is 11.4 Å². The number of anilines is 1. The van der Waals surface area contributed by atoms with Crippen molar-refractivity contribution in [1.82, 2.24) is 0 Å². The zero-order valence-electron chi connectivity index (χ0n) is 9.10. The van der Waals surface area contributed by atoms with E-state index >= 15 is 0 Å². The molecule has 0 bridgehead atoms. The highest BCUT2D eigenvalue weighted by molar-refractivity contribution is 5.57. The summed E-state index contributed by atoms with van der Waals surface area (Å²) in [4.78, 5) is 2.17. The van der Waals surface area contributed by atoms with E-state index in [1.807, 2.05) is 12.1 Å². The molecule has 0 fully saturated rings. The van der Waals surface area contributed by atoms with Gasteiger partial charge in [0, 0.05) is 17.6 Å². The summed E-state index contributed by atoms with van der Waals surface area (Å²) >= 11 is 0. The molecule has 1 heterocycles. The molecule has 0 unspecified atom stereocenters. The largest absolute Gasteiger partial charge is 0.497 e. The van der Waals surface area contributed by atoms with Crippen LogP contribution in [-0.2, 0) is 0 Å². The number of allylic oxidation sites excluding steroid dienone is 3. The van der Waals surface area contributed by atoms with Crippen molar-refractivity contribution in [2.24, 2.45) is 0 Å². The molecule has 1 aromatic carbocycles. The molecule has 78 valence electrons. The highest BCUT2D eigenvalue weighted by Gasteiger charge is 2.07. The lowest BCUT2D eigenvalue weighted by atomic mass is 10.2. The van der Waals surface area contributed by atoms with Crippen LogP contribution in [0.2, 0.25) is 0 Å². The Labute approximate surface area is 90.5 Å². The zero-order chi connectivity index (χ0) is 10.7. The van der Waals surface area contributed by atoms with E-state index in [-0.39, 0.29) is 0 Å². The van der Waals surface area contributed by atoms with Gasteiger partial charge < -0.3 is 9.64 Å². The van der Waals surface area contributed by atoms with Crippen LogP contribution in [-0.4, -0.2) is 7.11 Å². The Kier molecular flexibility index (Phi) is 2.77. The molecule has 0 spiro atoms. The van der Waals surface area contributed by atoms with E-state index in [0.29, 0.717) is 0 Å². The lowest BCUT2D eigenvalue weighted by Gasteiger charge is -2.23. The number of hydrogen-bond donors (Lipinski definition) is 0. The third kappa shape index (κ3) is 2.04. The summed E-state index contributed by atoms with van der Waals surface area (Å²) in [5.74, 6) is 0.890. The van der Waals surface area contributed by atoms with Gasteiger partial charge in [0.1, 0.15) is 5.75 Å². The minimum absolute atomic E-state index is 0.890. The molecule has 0 amide bonds. The Bertz CT molecular complexity index is 390. The lowest BCUT2D eigenvalue weighted by Crippen LogP contribution is -2.14. The summed E-state index contributed by atoms with van der Waals surface area (Å²) in [5, 5.41) is 0. The van der Waals surface area contributed by atoms with Crippen molar-refractivity contribution in [2.45, 2.75) is 13.3 Å². The van der Waals surface area contributed by atoms with Gasteiger partial charge in [-0.05, 0) is 37.6 Å². The summed E-state index contributed by atoms with van der Waals surface area (Å²) in [6, 6.07) is 8.08. The van der Waals surface area contributed by atoms with Crippen molar-refractivity contribution in [3.05, 3.63) is 48.3 Å². The van der Waals surface area contributed by atoms with E-state index in [9.17, 15) is 0 Å². The molecule has 0 aromatic heterocycles. The maximum atomic E-state index is 5.13. The predicted octanol–water partition coefficient (Wildman–Crippen LogP) is 3.32. The Hall–Kier alpha value is -1.70.